The first-order valence-electron chi connectivity index (χ1n) is 6.37. The summed E-state index contributed by atoms with van der Waals surface area (Å²) in [7, 11) is 1.62. The van der Waals surface area contributed by atoms with Gasteiger partial charge in [0.2, 0.25) is 0 Å². The Morgan fingerprint density at radius 1 is 1.26 bits per heavy atom. The third-order valence-corrected chi connectivity index (χ3v) is 2.81. The fraction of sp³-hybridized carbons (Fsp3) is 0.467. The number of hydrogen-bond acceptors (Lipinski definition) is 4. The molecule has 1 aromatic carbocycles. The maximum atomic E-state index is 11.6. The second-order valence-electron chi connectivity index (χ2n) is 4.32. The van der Waals surface area contributed by atoms with Crippen LogP contribution in [0.1, 0.15) is 30.9 Å². The van der Waals surface area contributed by atoms with Gasteiger partial charge >= 0.3 is 5.97 Å². The molecule has 104 valence electrons. The van der Waals surface area contributed by atoms with E-state index in [1.807, 2.05) is 25.1 Å². The molecule has 0 heterocycles. The van der Waals surface area contributed by atoms with E-state index >= 15 is 0 Å². The molecule has 0 amide bonds. The molecule has 0 saturated heterocycles. The third kappa shape index (κ3) is 5.12. The summed E-state index contributed by atoms with van der Waals surface area (Å²) >= 11 is 0. The van der Waals surface area contributed by atoms with Crippen molar-refractivity contribution in [2.24, 2.45) is 0 Å². The zero-order valence-electron chi connectivity index (χ0n) is 11.7. The molecule has 0 aliphatic rings. The normalized spacial score (nSPS) is 10.1. The molecule has 4 nitrogen and oxygen atoms in total. The lowest BCUT2D eigenvalue weighted by Crippen LogP contribution is -2.11. The van der Waals surface area contributed by atoms with Crippen LogP contribution in [0.25, 0.3) is 0 Å². The Hall–Kier alpha value is -1.84. The quantitative estimate of drug-likeness (QED) is 0.560. The van der Waals surface area contributed by atoms with Crippen LogP contribution in [-0.4, -0.2) is 25.5 Å². The highest BCUT2D eigenvalue weighted by Gasteiger charge is 2.10. The molecule has 1 rings (SSSR count). The Kier molecular flexibility index (Phi) is 6.06. The van der Waals surface area contributed by atoms with E-state index in [0.29, 0.717) is 19.4 Å². The summed E-state index contributed by atoms with van der Waals surface area (Å²) in [6, 6.07) is 5.85. The second kappa shape index (κ2) is 7.56. The molecule has 0 N–H and O–H groups in total. The van der Waals surface area contributed by atoms with Crippen LogP contribution < -0.4 is 4.74 Å². The van der Waals surface area contributed by atoms with E-state index in [2.05, 4.69) is 0 Å². The molecule has 0 aliphatic carbocycles. The first-order chi connectivity index (χ1) is 9.06. The predicted molar refractivity (Wildman–Crippen MR) is 72.3 cm³/mol. The SMILES string of the molecule is CCOC(=O)CC(=O)CCc1ccc(C)c(OC)c1. The van der Waals surface area contributed by atoms with E-state index in [1.54, 1.807) is 14.0 Å². The molecule has 19 heavy (non-hydrogen) atoms. The van der Waals surface area contributed by atoms with Crippen LogP contribution in [0.4, 0.5) is 0 Å². The van der Waals surface area contributed by atoms with E-state index in [0.717, 1.165) is 16.9 Å². The average molecular weight is 264 g/mol. The number of rotatable bonds is 7. The predicted octanol–water partition coefficient (Wildman–Crippen LogP) is 2.46. The van der Waals surface area contributed by atoms with Crippen molar-refractivity contribution in [3.63, 3.8) is 0 Å². The van der Waals surface area contributed by atoms with E-state index in [-0.39, 0.29) is 12.2 Å². The monoisotopic (exact) mass is 264 g/mol. The van der Waals surface area contributed by atoms with Crippen LogP contribution >= 0.6 is 0 Å². The highest BCUT2D eigenvalue weighted by Crippen LogP contribution is 2.19. The van der Waals surface area contributed by atoms with E-state index in [1.165, 1.54) is 0 Å². The number of carbonyl (C=O) groups excluding carboxylic acids is 2. The molecule has 0 aromatic heterocycles. The number of aryl methyl sites for hydroxylation is 2. The lowest BCUT2D eigenvalue weighted by molar-refractivity contribution is -0.145. The van der Waals surface area contributed by atoms with Gasteiger partial charge in [-0.2, -0.15) is 0 Å². The van der Waals surface area contributed by atoms with Crippen LogP contribution in [0, 0.1) is 6.92 Å². The third-order valence-electron chi connectivity index (χ3n) is 2.81. The van der Waals surface area contributed by atoms with Crippen molar-refractivity contribution in [3.8, 4) is 5.75 Å². The van der Waals surface area contributed by atoms with Crippen LogP contribution in [0.15, 0.2) is 18.2 Å². The smallest absolute Gasteiger partial charge is 0.313 e. The number of carbonyl (C=O) groups is 2. The largest absolute Gasteiger partial charge is 0.496 e. The Morgan fingerprint density at radius 2 is 2.00 bits per heavy atom. The Bertz CT molecular complexity index is 451. The van der Waals surface area contributed by atoms with Gasteiger partial charge in [-0.3, -0.25) is 9.59 Å². The number of ether oxygens (including phenoxy) is 2. The van der Waals surface area contributed by atoms with Crippen molar-refractivity contribution in [1.82, 2.24) is 0 Å². The van der Waals surface area contributed by atoms with Gasteiger partial charge in [-0.05, 0) is 37.5 Å². The molecule has 0 bridgehead atoms. The topological polar surface area (TPSA) is 52.6 Å². The molecule has 1 aromatic rings. The van der Waals surface area contributed by atoms with Gasteiger partial charge in [0.1, 0.15) is 18.0 Å². The highest BCUT2D eigenvalue weighted by molar-refractivity contribution is 5.95. The van der Waals surface area contributed by atoms with Gasteiger partial charge in [-0.15, -0.1) is 0 Å². The van der Waals surface area contributed by atoms with Gasteiger partial charge in [0.25, 0.3) is 0 Å². The summed E-state index contributed by atoms with van der Waals surface area (Å²) in [5, 5.41) is 0. The van der Waals surface area contributed by atoms with Crippen LogP contribution in [0.5, 0.6) is 5.75 Å². The summed E-state index contributed by atoms with van der Waals surface area (Å²) in [6.45, 7) is 4.00. The number of Topliss-reactive ketones (excluding diaryl/α,β-unsaturated/α-hetero) is 1. The van der Waals surface area contributed by atoms with Gasteiger partial charge in [-0.25, -0.2) is 0 Å². The van der Waals surface area contributed by atoms with Crippen LogP contribution in [-0.2, 0) is 20.7 Å². The highest BCUT2D eigenvalue weighted by atomic mass is 16.5. The molecule has 0 aliphatic heterocycles. The Labute approximate surface area is 113 Å². The zero-order chi connectivity index (χ0) is 14.3. The van der Waals surface area contributed by atoms with Gasteiger partial charge in [-0.1, -0.05) is 12.1 Å². The standard InChI is InChI=1S/C15H20O4/c1-4-19-15(17)10-13(16)8-7-12-6-5-11(2)14(9-12)18-3/h5-6,9H,4,7-8,10H2,1-3H3. The lowest BCUT2D eigenvalue weighted by atomic mass is 10.0. The maximum absolute atomic E-state index is 11.6. The minimum atomic E-state index is -0.450. The van der Waals surface area contributed by atoms with Crippen LogP contribution in [0.3, 0.4) is 0 Å². The Morgan fingerprint density at radius 3 is 2.63 bits per heavy atom. The number of esters is 1. The molecule has 0 unspecified atom stereocenters. The summed E-state index contributed by atoms with van der Waals surface area (Å²) in [6.07, 6.45) is 0.802. The number of hydrogen-bond donors (Lipinski definition) is 0. The molecule has 0 atom stereocenters. The number of methoxy groups -OCH3 is 1. The molecule has 0 radical (unpaired) electrons. The van der Waals surface area contributed by atoms with E-state index in [4.69, 9.17) is 9.47 Å². The first-order valence-corrected chi connectivity index (χ1v) is 6.37. The van der Waals surface area contributed by atoms with Crippen molar-refractivity contribution >= 4 is 11.8 Å². The van der Waals surface area contributed by atoms with Gasteiger partial charge in [0.05, 0.1) is 13.7 Å². The lowest BCUT2D eigenvalue weighted by Gasteiger charge is -2.07. The van der Waals surface area contributed by atoms with Crippen molar-refractivity contribution in [3.05, 3.63) is 29.3 Å². The average Bonchev–Trinajstić information content (AvgIpc) is 2.38. The molecular formula is C15H20O4. The fourth-order valence-corrected chi connectivity index (χ4v) is 1.77. The summed E-state index contributed by atoms with van der Waals surface area (Å²) in [5.41, 5.74) is 2.09. The minimum Gasteiger partial charge on any atom is -0.496 e. The Balaban J connectivity index is 2.48. The molecular weight excluding hydrogens is 244 g/mol. The number of benzene rings is 1. The van der Waals surface area contributed by atoms with E-state index in [9.17, 15) is 9.59 Å². The second-order valence-corrected chi connectivity index (χ2v) is 4.32. The van der Waals surface area contributed by atoms with Crippen molar-refractivity contribution in [2.75, 3.05) is 13.7 Å². The molecule has 0 spiro atoms. The van der Waals surface area contributed by atoms with Crippen molar-refractivity contribution in [2.45, 2.75) is 33.1 Å². The summed E-state index contributed by atoms with van der Waals surface area (Å²) in [5.74, 6) is 0.266. The summed E-state index contributed by atoms with van der Waals surface area (Å²) < 4.78 is 9.97. The van der Waals surface area contributed by atoms with Gasteiger partial charge in [0.15, 0.2) is 0 Å². The van der Waals surface area contributed by atoms with E-state index < -0.39 is 5.97 Å². The molecule has 0 saturated carbocycles. The maximum Gasteiger partial charge on any atom is 0.313 e. The van der Waals surface area contributed by atoms with Crippen molar-refractivity contribution < 1.29 is 19.1 Å². The van der Waals surface area contributed by atoms with Gasteiger partial charge in [0, 0.05) is 6.42 Å². The first kappa shape index (κ1) is 15.2. The van der Waals surface area contributed by atoms with Crippen molar-refractivity contribution in [1.29, 1.82) is 0 Å². The zero-order valence-corrected chi connectivity index (χ0v) is 11.7. The fourth-order valence-electron chi connectivity index (χ4n) is 1.77. The molecule has 0 fully saturated rings. The van der Waals surface area contributed by atoms with Gasteiger partial charge < -0.3 is 9.47 Å². The molecule has 4 heteroatoms. The van der Waals surface area contributed by atoms with Crippen LogP contribution in [0.2, 0.25) is 0 Å². The number of ketones is 1. The summed E-state index contributed by atoms with van der Waals surface area (Å²) in [4.78, 5) is 22.7. The minimum absolute atomic E-state index is 0.0991.